The topological polar surface area (TPSA) is 136 Å². The first kappa shape index (κ1) is 22.0. The molecule has 29 heavy (non-hydrogen) atoms. The van der Waals surface area contributed by atoms with Gasteiger partial charge in [-0.15, -0.1) is 11.8 Å². The number of aliphatic hydroxyl groups excluding tert-OH is 3. The Hall–Kier alpha value is -1.65. The van der Waals surface area contributed by atoms with Crippen molar-refractivity contribution in [1.29, 1.82) is 0 Å². The molecule has 1 aliphatic heterocycles. The van der Waals surface area contributed by atoms with Gasteiger partial charge >= 0.3 is 5.97 Å². The van der Waals surface area contributed by atoms with Crippen LogP contribution in [-0.4, -0.2) is 73.4 Å². The highest BCUT2D eigenvalue weighted by atomic mass is 32.2. The zero-order valence-electron chi connectivity index (χ0n) is 16.1. The predicted octanol–water partition coefficient (Wildman–Crippen LogP) is 0.986. The summed E-state index contributed by atoms with van der Waals surface area (Å²) in [6, 6.07) is 5.84. The number of hydrogen-bond donors (Lipinski definition) is 5. The highest BCUT2D eigenvalue weighted by molar-refractivity contribution is 8.00. The fraction of sp³-hybridized carbons (Fsp3) is 0.600. The van der Waals surface area contributed by atoms with Gasteiger partial charge < -0.3 is 30.5 Å². The number of carboxylic acids is 1. The summed E-state index contributed by atoms with van der Waals surface area (Å²) >= 11 is 1.34. The molecule has 1 heterocycles. The largest absolute Gasteiger partial charge is 0.478 e. The number of carboxylic acid groups (broad SMARTS) is 1. The molecule has 7 atom stereocenters. The van der Waals surface area contributed by atoms with Crippen molar-refractivity contribution in [3.05, 3.63) is 35.4 Å². The SMILES string of the molecule is C[C@@H]1O[C@@H](SC2CCCCC2NC(=O)c2ccccc2C(=O)O)[C@@H](O)[C@H](O)[C@@H]1O. The minimum absolute atomic E-state index is 0.0537. The Labute approximate surface area is 173 Å². The van der Waals surface area contributed by atoms with E-state index in [1.165, 1.54) is 23.9 Å². The third-order valence-electron chi connectivity index (χ3n) is 5.54. The molecule has 1 saturated carbocycles. The van der Waals surface area contributed by atoms with E-state index < -0.39 is 41.7 Å². The molecule has 8 nitrogen and oxygen atoms in total. The number of ether oxygens (including phenoxy) is 1. The Morgan fingerprint density at radius 3 is 2.38 bits per heavy atom. The van der Waals surface area contributed by atoms with Crippen molar-refractivity contribution in [2.24, 2.45) is 0 Å². The van der Waals surface area contributed by atoms with Gasteiger partial charge in [-0.05, 0) is 31.9 Å². The van der Waals surface area contributed by atoms with Crippen molar-refractivity contribution in [1.82, 2.24) is 5.32 Å². The predicted molar refractivity (Wildman–Crippen MR) is 107 cm³/mol. The highest BCUT2D eigenvalue weighted by Crippen LogP contribution is 2.37. The van der Waals surface area contributed by atoms with Crippen LogP contribution in [0.2, 0.25) is 0 Å². The molecule has 2 unspecified atom stereocenters. The molecular formula is C20H27NO7S. The molecule has 0 spiro atoms. The van der Waals surface area contributed by atoms with E-state index in [0.717, 1.165) is 25.7 Å². The van der Waals surface area contributed by atoms with Crippen LogP contribution < -0.4 is 5.32 Å². The molecule has 1 saturated heterocycles. The Kier molecular flexibility index (Phi) is 7.18. The third kappa shape index (κ3) is 4.92. The molecule has 3 rings (SSSR count). The van der Waals surface area contributed by atoms with Gasteiger partial charge in [0.05, 0.1) is 17.2 Å². The first-order chi connectivity index (χ1) is 13.8. The molecule has 0 aromatic heterocycles. The second kappa shape index (κ2) is 9.44. The lowest BCUT2D eigenvalue weighted by atomic mass is 9.94. The first-order valence-corrected chi connectivity index (χ1v) is 10.7. The molecule has 0 bridgehead atoms. The number of nitrogens with one attached hydrogen (secondary N) is 1. The summed E-state index contributed by atoms with van der Waals surface area (Å²) in [5, 5.41) is 42.4. The normalized spacial score (nSPS) is 35.1. The summed E-state index contributed by atoms with van der Waals surface area (Å²) < 4.78 is 5.69. The Morgan fingerprint density at radius 2 is 1.69 bits per heavy atom. The Balaban J connectivity index is 1.70. The van der Waals surface area contributed by atoms with Crippen molar-refractivity contribution in [3.63, 3.8) is 0 Å². The monoisotopic (exact) mass is 425 g/mol. The van der Waals surface area contributed by atoms with Gasteiger partial charge in [0.15, 0.2) is 0 Å². The van der Waals surface area contributed by atoms with Gasteiger partial charge in [-0.3, -0.25) is 4.79 Å². The summed E-state index contributed by atoms with van der Waals surface area (Å²) in [6.45, 7) is 1.64. The molecule has 160 valence electrons. The molecule has 1 aromatic rings. The van der Waals surface area contributed by atoms with Crippen LogP contribution in [0, 0.1) is 0 Å². The lowest BCUT2D eigenvalue weighted by Gasteiger charge is -2.42. The van der Waals surface area contributed by atoms with Gasteiger partial charge in [-0.1, -0.05) is 25.0 Å². The van der Waals surface area contributed by atoms with E-state index in [-0.39, 0.29) is 22.4 Å². The average Bonchev–Trinajstić information content (AvgIpc) is 2.71. The van der Waals surface area contributed by atoms with E-state index in [4.69, 9.17) is 4.74 Å². The van der Waals surface area contributed by atoms with Crippen LogP contribution in [0.4, 0.5) is 0 Å². The maximum absolute atomic E-state index is 12.7. The number of rotatable bonds is 5. The number of hydrogen-bond acceptors (Lipinski definition) is 7. The van der Waals surface area contributed by atoms with E-state index in [2.05, 4.69) is 5.32 Å². The standard InChI is InChI=1S/C20H27NO7S/c1-10-15(22)16(23)17(24)20(28-10)29-14-9-5-4-8-13(14)21-18(25)11-6-2-3-7-12(11)19(26)27/h2-3,6-7,10,13-17,20,22-24H,4-5,8-9H2,1H3,(H,21,25)(H,26,27)/t10-,13?,14?,15+,16+,17-,20-/m0/s1. The van der Waals surface area contributed by atoms with Crippen LogP contribution in [0.3, 0.4) is 0 Å². The number of benzene rings is 1. The summed E-state index contributed by atoms with van der Waals surface area (Å²) in [7, 11) is 0. The highest BCUT2D eigenvalue weighted by Gasteiger charge is 2.44. The van der Waals surface area contributed by atoms with Crippen molar-refractivity contribution >= 4 is 23.6 Å². The van der Waals surface area contributed by atoms with Crippen LogP contribution in [-0.2, 0) is 4.74 Å². The van der Waals surface area contributed by atoms with Crippen LogP contribution >= 0.6 is 11.8 Å². The lowest BCUT2D eigenvalue weighted by molar-refractivity contribution is -0.192. The molecule has 2 aliphatic rings. The van der Waals surface area contributed by atoms with Crippen molar-refractivity contribution < 1.29 is 34.8 Å². The number of thioether (sulfide) groups is 1. The maximum atomic E-state index is 12.7. The fourth-order valence-corrected chi connectivity index (χ4v) is 5.44. The summed E-state index contributed by atoms with van der Waals surface area (Å²) in [5.74, 6) is -1.61. The van der Waals surface area contributed by atoms with E-state index in [9.17, 15) is 30.0 Å². The Morgan fingerprint density at radius 1 is 1.03 bits per heavy atom. The molecule has 2 fully saturated rings. The number of amides is 1. The molecule has 0 radical (unpaired) electrons. The van der Waals surface area contributed by atoms with Gasteiger partial charge in [0.2, 0.25) is 0 Å². The average molecular weight is 426 g/mol. The van der Waals surface area contributed by atoms with E-state index in [1.54, 1.807) is 19.1 Å². The third-order valence-corrected chi connectivity index (χ3v) is 7.11. The summed E-state index contributed by atoms with van der Waals surface area (Å²) in [5.41, 5.74) is -0.672. The van der Waals surface area contributed by atoms with Gasteiger partial charge in [0.1, 0.15) is 23.7 Å². The van der Waals surface area contributed by atoms with Crippen LogP contribution in [0.15, 0.2) is 24.3 Å². The zero-order chi connectivity index (χ0) is 21.1. The lowest BCUT2D eigenvalue weighted by Crippen LogP contribution is -2.56. The van der Waals surface area contributed by atoms with Gasteiger partial charge in [0.25, 0.3) is 5.91 Å². The summed E-state index contributed by atoms with van der Waals surface area (Å²) in [4.78, 5) is 24.1. The van der Waals surface area contributed by atoms with E-state index >= 15 is 0 Å². The van der Waals surface area contributed by atoms with Crippen LogP contribution in [0.25, 0.3) is 0 Å². The fourth-order valence-electron chi connectivity index (χ4n) is 3.84. The zero-order valence-corrected chi connectivity index (χ0v) is 16.9. The minimum Gasteiger partial charge on any atom is -0.478 e. The second-order valence-corrected chi connectivity index (χ2v) is 8.91. The van der Waals surface area contributed by atoms with Crippen LogP contribution in [0.1, 0.15) is 53.3 Å². The second-order valence-electron chi connectivity index (χ2n) is 7.57. The number of aromatic carboxylic acids is 1. The first-order valence-electron chi connectivity index (χ1n) is 9.78. The van der Waals surface area contributed by atoms with Crippen molar-refractivity contribution in [2.45, 2.75) is 73.8 Å². The Bertz CT molecular complexity index is 745. The molecule has 5 N–H and O–H groups in total. The molecular weight excluding hydrogens is 398 g/mol. The summed E-state index contributed by atoms with van der Waals surface area (Å²) in [6.07, 6.45) is -0.917. The van der Waals surface area contributed by atoms with E-state index in [0.29, 0.717) is 0 Å². The molecule has 9 heteroatoms. The molecule has 1 aromatic carbocycles. The van der Waals surface area contributed by atoms with Gasteiger partial charge in [-0.2, -0.15) is 0 Å². The van der Waals surface area contributed by atoms with Gasteiger partial charge in [-0.25, -0.2) is 4.79 Å². The van der Waals surface area contributed by atoms with Crippen molar-refractivity contribution in [2.75, 3.05) is 0 Å². The van der Waals surface area contributed by atoms with E-state index in [1.807, 2.05) is 0 Å². The quantitative estimate of drug-likeness (QED) is 0.471. The number of carbonyl (C=O) groups excluding carboxylic acids is 1. The maximum Gasteiger partial charge on any atom is 0.336 e. The van der Waals surface area contributed by atoms with Crippen LogP contribution in [0.5, 0.6) is 0 Å². The smallest absolute Gasteiger partial charge is 0.336 e. The number of carbonyl (C=O) groups is 2. The van der Waals surface area contributed by atoms with Gasteiger partial charge in [0, 0.05) is 11.3 Å². The minimum atomic E-state index is -1.30. The number of aliphatic hydroxyl groups is 3. The molecule has 1 aliphatic carbocycles. The van der Waals surface area contributed by atoms with Crippen molar-refractivity contribution in [3.8, 4) is 0 Å². The molecule has 1 amide bonds.